The summed E-state index contributed by atoms with van der Waals surface area (Å²) in [5, 5.41) is 18.9. The molecule has 28 heavy (non-hydrogen) atoms. The van der Waals surface area contributed by atoms with E-state index >= 15 is 0 Å². The molecule has 0 heterocycles. The molecular weight excluding hydrogens is 371 g/mol. The van der Waals surface area contributed by atoms with E-state index in [4.69, 9.17) is 0 Å². The molecule has 3 aromatic carbocycles. The first-order valence-corrected chi connectivity index (χ1v) is 8.30. The number of phenols is 2. The lowest BCUT2D eigenvalue weighted by molar-refractivity contribution is -0.149. The van der Waals surface area contributed by atoms with Gasteiger partial charge in [-0.15, -0.1) is 0 Å². The fraction of sp³-hybridized carbons (Fsp3) is 0.0952. The zero-order valence-electron chi connectivity index (χ0n) is 14.5. The van der Waals surface area contributed by atoms with Crippen molar-refractivity contribution >= 4 is 11.6 Å². The quantitative estimate of drug-likeness (QED) is 0.659. The number of rotatable bonds is 4. The zero-order chi connectivity index (χ0) is 20.3. The molecule has 0 fully saturated rings. The van der Waals surface area contributed by atoms with Crippen molar-refractivity contribution in [2.45, 2.75) is 12.2 Å². The molecule has 0 aliphatic rings. The number of halogens is 3. The van der Waals surface area contributed by atoms with Crippen molar-refractivity contribution in [3.8, 4) is 11.5 Å². The monoisotopic (exact) mass is 387 g/mol. The second-order valence-electron chi connectivity index (χ2n) is 6.09. The predicted octanol–water partition coefficient (Wildman–Crippen LogP) is 5.05. The first-order chi connectivity index (χ1) is 13.3. The fourth-order valence-electron chi connectivity index (χ4n) is 2.86. The SMILES string of the molecule is O=C(c1ccc(O)cc1)N(c1ccc(O)cc1)C(c1ccccc1)C(F)(F)F. The van der Waals surface area contributed by atoms with Crippen LogP contribution < -0.4 is 4.90 Å². The molecule has 3 rings (SSSR count). The number of benzene rings is 3. The van der Waals surface area contributed by atoms with Crippen LogP contribution in [0.25, 0.3) is 0 Å². The lowest BCUT2D eigenvalue weighted by Gasteiger charge is -2.33. The Balaban J connectivity index is 2.17. The maximum atomic E-state index is 14.1. The van der Waals surface area contributed by atoms with Crippen molar-refractivity contribution < 1.29 is 28.2 Å². The molecule has 3 aromatic rings. The van der Waals surface area contributed by atoms with Crippen LogP contribution in [0.1, 0.15) is 22.0 Å². The van der Waals surface area contributed by atoms with E-state index in [1.807, 2.05) is 0 Å². The Labute approximate surface area is 159 Å². The van der Waals surface area contributed by atoms with Crippen molar-refractivity contribution in [3.05, 3.63) is 90.0 Å². The van der Waals surface area contributed by atoms with Gasteiger partial charge in [0.05, 0.1) is 0 Å². The molecule has 0 bridgehead atoms. The van der Waals surface area contributed by atoms with Crippen LogP contribution in [0.5, 0.6) is 11.5 Å². The van der Waals surface area contributed by atoms with E-state index in [1.54, 1.807) is 6.07 Å². The third-order valence-electron chi connectivity index (χ3n) is 4.14. The second kappa shape index (κ2) is 7.64. The van der Waals surface area contributed by atoms with Gasteiger partial charge >= 0.3 is 6.18 Å². The van der Waals surface area contributed by atoms with E-state index < -0.39 is 18.1 Å². The number of nitrogens with zero attached hydrogens (tertiary/aromatic N) is 1. The van der Waals surface area contributed by atoms with Crippen LogP contribution in [-0.2, 0) is 0 Å². The van der Waals surface area contributed by atoms with Crippen molar-refractivity contribution in [1.82, 2.24) is 0 Å². The average Bonchev–Trinajstić information content (AvgIpc) is 2.67. The molecule has 0 aromatic heterocycles. The van der Waals surface area contributed by atoms with Crippen LogP contribution >= 0.6 is 0 Å². The minimum absolute atomic E-state index is 0.0175. The Kier molecular flexibility index (Phi) is 5.26. The molecule has 1 amide bonds. The van der Waals surface area contributed by atoms with Crippen molar-refractivity contribution in [2.24, 2.45) is 0 Å². The van der Waals surface area contributed by atoms with Crippen LogP contribution in [0.4, 0.5) is 18.9 Å². The zero-order valence-corrected chi connectivity index (χ0v) is 14.5. The summed E-state index contributed by atoms with van der Waals surface area (Å²) in [6.45, 7) is 0. The Hall–Kier alpha value is -3.48. The first kappa shape index (κ1) is 19.3. The van der Waals surface area contributed by atoms with Crippen LogP contribution in [0.3, 0.4) is 0 Å². The summed E-state index contributed by atoms with van der Waals surface area (Å²) >= 11 is 0. The highest BCUT2D eigenvalue weighted by Gasteiger charge is 2.47. The minimum atomic E-state index is -4.76. The molecule has 0 aliphatic carbocycles. The van der Waals surface area contributed by atoms with Gasteiger partial charge in [-0.25, -0.2) is 0 Å². The molecule has 0 radical (unpaired) electrons. The first-order valence-electron chi connectivity index (χ1n) is 8.30. The summed E-state index contributed by atoms with van der Waals surface area (Å²) in [5.74, 6) is -1.14. The van der Waals surface area contributed by atoms with E-state index in [0.29, 0.717) is 4.90 Å². The maximum absolute atomic E-state index is 14.1. The summed E-state index contributed by atoms with van der Waals surface area (Å²) in [6.07, 6.45) is -4.76. The summed E-state index contributed by atoms with van der Waals surface area (Å²) in [5.41, 5.74) is -0.145. The molecule has 0 aliphatic heterocycles. The van der Waals surface area contributed by atoms with E-state index in [1.165, 1.54) is 72.8 Å². The van der Waals surface area contributed by atoms with Gasteiger partial charge in [0.25, 0.3) is 5.91 Å². The second-order valence-corrected chi connectivity index (χ2v) is 6.09. The van der Waals surface area contributed by atoms with Gasteiger partial charge in [-0.1, -0.05) is 30.3 Å². The highest BCUT2D eigenvalue weighted by Crippen LogP contribution is 2.41. The molecule has 2 N–H and O–H groups in total. The Morgan fingerprint density at radius 3 is 1.79 bits per heavy atom. The fourth-order valence-corrected chi connectivity index (χ4v) is 2.86. The number of alkyl halides is 3. The van der Waals surface area contributed by atoms with Crippen LogP contribution in [0.2, 0.25) is 0 Å². The number of carbonyl (C=O) groups excluding carboxylic acids is 1. The number of anilines is 1. The van der Waals surface area contributed by atoms with Gasteiger partial charge in [-0.2, -0.15) is 13.2 Å². The van der Waals surface area contributed by atoms with Crippen molar-refractivity contribution in [2.75, 3.05) is 4.90 Å². The lowest BCUT2D eigenvalue weighted by Crippen LogP contribution is -2.42. The highest BCUT2D eigenvalue weighted by atomic mass is 19.4. The topological polar surface area (TPSA) is 60.8 Å². The largest absolute Gasteiger partial charge is 0.508 e. The molecule has 7 heteroatoms. The molecular formula is C21H16F3NO3. The minimum Gasteiger partial charge on any atom is -0.508 e. The Bertz CT molecular complexity index is 939. The number of aromatic hydroxyl groups is 2. The highest BCUT2D eigenvalue weighted by molar-refractivity contribution is 6.06. The summed E-state index contributed by atoms with van der Waals surface area (Å²) in [4.78, 5) is 13.7. The molecule has 0 saturated carbocycles. The summed E-state index contributed by atoms with van der Waals surface area (Å²) in [6, 6.07) is 14.8. The molecule has 1 atom stereocenters. The number of carbonyl (C=O) groups is 1. The van der Waals surface area contributed by atoms with Crippen LogP contribution in [0, 0.1) is 0 Å². The Morgan fingerprint density at radius 2 is 1.29 bits per heavy atom. The predicted molar refractivity (Wildman–Crippen MR) is 98.3 cm³/mol. The Morgan fingerprint density at radius 1 is 0.786 bits per heavy atom. The van der Waals surface area contributed by atoms with E-state index in [2.05, 4.69) is 0 Å². The van der Waals surface area contributed by atoms with Crippen LogP contribution in [-0.4, -0.2) is 22.3 Å². The van der Waals surface area contributed by atoms with Gasteiger partial charge in [-0.05, 0) is 54.1 Å². The number of amides is 1. The summed E-state index contributed by atoms with van der Waals surface area (Å²) in [7, 11) is 0. The average molecular weight is 387 g/mol. The molecule has 1 unspecified atom stereocenters. The number of hydrogen-bond donors (Lipinski definition) is 2. The van der Waals surface area contributed by atoms with Crippen LogP contribution in [0.15, 0.2) is 78.9 Å². The molecule has 4 nitrogen and oxygen atoms in total. The van der Waals surface area contributed by atoms with Gasteiger partial charge in [0, 0.05) is 11.3 Å². The summed E-state index contributed by atoms with van der Waals surface area (Å²) < 4.78 is 42.2. The normalized spacial score (nSPS) is 12.4. The van der Waals surface area contributed by atoms with Gasteiger partial charge in [0.15, 0.2) is 6.04 Å². The number of phenolic OH excluding ortho intramolecular Hbond substituents is 2. The van der Waals surface area contributed by atoms with Crippen molar-refractivity contribution in [3.63, 3.8) is 0 Å². The smallest absolute Gasteiger partial charge is 0.413 e. The lowest BCUT2D eigenvalue weighted by atomic mass is 10.0. The van der Waals surface area contributed by atoms with Gasteiger partial charge in [-0.3, -0.25) is 9.69 Å². The van der Waals surface area contributed by atoms with Gasteiger partial charge < -0.3 is 10.2 Å². The van der Waals surface area contributed by atoms with E-state index in [0.717, 1.165) is 0 Å². The molecule has 0 spiro atoms. The number of hydrogen-bond acceptors (Lipinski definition) is 3. The van der Waals surface area contributed by atoms with Gasteiger partial charge in [0.2, 0.25) is 0 Å². The molecule has 0 saturated heterocycles. The maximum Gasteiger partial charge on any atom is 0.413 e. The van der Waals surface area contributed by atoms with Crippen molar-refractivity contribution in [1.29, 1.82) is 0 Å². The van der Waals surface area contributed by atoms with E-state index in [9.17, 15) is 28.2 Å². The standard InChI is InChI=1S/C21H16F3NO3/c22-21(23,24)19(14-4-2-1-3-5-14)25(16-8-12-18(27)13-9-16)20(28)15-6-10-17(26)11-7-15/h1-13,19,26-27H. The third-order valence-corrected chi connectivity index (χ3v) is 4.14. The third kappa shape index (κ3) is 4.09. The molecule has 144 valence electrons. The van der Waals surface area contributed by atoms with E-state index in [-0.39, 0.29) is 28.3 Å². The van der Waals surface area contributed by atoms with Gasteiger partial charge in [0.1, 0.15) is 11.5 Å².